The number of allylic oxidation sites excluding steroid dienone is 1. The van der Waals surface area contributed by atoms with E-state index in [2.05, 4.69) is 4.98 Å². The van der Waals surface area contributed by atoms with Gasteiger partial charge in [0.2, 0.25) is 0 Å². The molecule has 2 aromatic rings. The number of rotatable bonds is 2. The molecule has 0 amide bonds. The molecule has 0 saturated carbocycles. The van der Waals surface area contributed by atoms with Crippen LogP contribution in [0.2, 0.25) is 0 Å². The van der Waals surface area contributed by atoms with Gasteiger partial charge < -0.3 is 0 Å². The van der Waals surface area contributed by atoms with Crippen LogP contribution in [0.5, 0.6) is 0 Å². The molecule has 0 spiro atoms. The van der Waals surface area contributed by atoms with E-state index in [1.165, 1.54) is 12.3 Å². The van der Waals surface area contributed by atoms with Crippen molar-refractivity contribution in [2.24, 2.45) is 0 Å². The van der Waals surface area contributed by atoms with Gasteiger partial charge >= 0.3 is 0 Å². The maximum absolute atomic E-state index is 13.4. The molecular weight excluding hydrogens is 234 g/mol. The molecule has 0 saturated heterocycles. The fourth-order valence-electron chi connectivity index (χ4n) is 1.47. The summed E-state index contributed by atoms with van der Waals surface area (Å²) in [5.74, 6) is -1.14. The van der Waals surface area contributed by atoms with Crippen LogP contribution in [-0.2, 0) is 0 Å². The number of nitriles is 1. The van der Waals surface area contributed by atoms with Crippen LogP contribution in [-0.4, -0.2) is 4.98 Å². The molecule has 0 N–H and O–H groups in total. The summed E-state index contributed by atoms with van der Waals surface area (Å²) >= 11 is 0. The lowest BCUT2D eigenvalue weighted by Gasteiger charge is -2.00. The van der Waals surface area contributed by atoms with Gasteiger partial charge in [-0.05, 0) is 36.4 Å². The van der Waals surface area contributed by atoms with Crippen molar-refractivity contribution in [3.8, 4) is 6.07 Å². The van der Waals surface area contributed by atoms with E-state index < -0.39 is 11.6 Å². The Labute approximate surface area is 103 Å². The summed E-state index contributed by atoms with van der Waals surface area (Å²) in [6.45, 7) is 0. The molecule has 1 aromatic heterocycles. The van der Waals surface area contributed by atoms with Gasteiger partial charge in [-0.1, -0.05) is 6.07 Å². The van der Waals surface area contributed by atoms with E-state index in [4.69, 9.17) is 5.26 Å². The average molecular weight is 242 g/mol. The second kappa shape index (κ2) is 5.19. The van der Waals surface area contributed by atoms with Crippen LogP contribution in [0.25, 0.3) is 11.6 Å². The Kier molecular flexibility index (Phi) is 3.44. The van der Waals surface area contributed by atoms with Gasteiger partial charge in [-0.15, -0.1) is 0 Å². The zero-order chi connectivity index (χ0) is 13.0. The van der Waals surface area contributed by atoms with Crippen molar-refractivity contribution < 1.29 is 8.78 Å². The van der Waals surface area contributed by atoms with Crippen LogP contribution in [0.1, 0.15) is 11.3 Å². The minimum Gasteiger partial charge on any atom is -0.256 e. The lowest BCUT2D eigenvalue weighted by atomic mass is 10.1. The first-order valence-electron chi connectivity index (χ1n) is 5.19. The van der Waals surface area contributed by atoms with E-state index in [-0.39, 0.29) is 11.1 Å². The molecule has 0 aliphatic heterocycles. The Morgan fingerprint density at radius 3 is 2.72 bits per heavy atom. The van der Waals surface area contributed by atoms with Crippen molar-refractivity contribution in [2.75, 3.05) is 0 Å². The fourth-order valence-corrected chi connectivity index (χ4v) is 1.47. The highest BCUT2D eigenvalue weighted by atomic mass is 19.1. The molecule has 1 heterocycles. The van der Waals surface area contributed by atoms with Crippen molar-refractivity contribution in [1.29, 1.82) is 5.26 Å². The van der Waals surface area contributed by atoms with E-state index in [0.29, 0.717) is 5.69 Å². The van der Waals surface area contributed by atoms with E-state index in [1.54, 1.807) is 18.2 Å². The molecule has 18 heavy (non-hydrogen) atoms. The van der Waals surface area contributed by atoms with Gasteiger partial charge in [-0.3, -0.25) is 4.98 Å². The molecule has 0 unspecified atom stereocenters. The van der Waals surface area contributed by atoms with Crippen LogP contribution < -0.4 is 0 Å². The minimum atomic E-state index is -0.583. The predicted octanol–water partition coefficient (Wildman–Crippen LogP) is 3.42. The highest BCUT2D eigenvalue weighted by Gasteiger charge is 2.06. The SMILES string of the molecule is N#CC(=Cc1cc(F)ccc1F)c1ccccn1. The predicted molar refractivity (Wildman–Crippen MR) is 64.1 cm³/mol. The van der Waals surface area contributed by atoms with Crippen LogP contribution in [0.3, 0.4) is 0 Å². The molecule has 2 nitrogen and oxygen atoms in total. The van der Waals surface area contributed by atoms with Crippen molar-refractivity contribution in [3.05, 3.63) is 65.5 Å². The largest absolute Gasteiger partial charge is 0.256 e. The molecule has 0 atom stereocenters. The minimum absolute atomic E-state index is 0.0252. The normalized spacial score (nSPS) is 11.1. The van der Waals surface area contributed by atoms with Gasteiger partial charge in [0.25, 0.3) is 0 Å². The Morgan fingerprint density at radius 2 is 2.06 bits per heavy atom. The summed E-state index contributed by atoms with van der Waals surface area (Å²) in [7, 11) is 0. The van der Waals surface area contributed by atoms with Crippen molar-refractivity contribution in [2.45, 2.75) is 0 Å². The monoisotopic (exact) mass is 242 g/mol. The van der Waals surface area contributed by atoms with Gasteiger partial charge in [0.15, 0.2) is 0 Å². The Bertz CT molecular complexity index is 628. The molecule has 0 aliphatic rings. The summed E-state index contributed by atoms with van der Waals surface area (Å²) in [5.41, 5.74) is 0.626. The number of halogens is 2. The Balaban J connectivity index is 2.48. The number of aromatic nitrogens is 1. The molecule has 0 fully saturated rings. The molecule has 1 aromatic carbocycles. The molecule has 0 bridgehead atoms. The number of benzene rings is 1. The Morgan fingerprint density at radius 1 is 1.22 bits per heavy atom. The quantitative estimate of drug-likeness (QED) is 0.756. The second-order valence-electron chi connectivity index (χ2n) is 3.55. The van der Waals surface area contributed by atoms with Gasteiger partial charge in [-0.2, -0.15) is 5.26 Å². The number of nitrogens with zero attached hydrogens (tertiary/aromatic N) is 2. The summed E-state index contributed by atoms with van der Waals surface area (Å²) in [6, 6.07) is 10.1. The van der Waals surface area contributed by atoms with Crippen LogP contribution in [0.15, 0.2) is 42.6 Å². The third-order valence-corrected chi connectivity index (χ3v) is 2.32. The summed E-state index contributed by atoms with van der Waals surface area (Å²) in [5, 5.41) is 9.03. The van der Waals surface area contributed by atoms with Gasteiger partial charge in [0.1, 0.15) is 17.7 Å². The molecule has 88 valence electrons. The molecule has 0 radical (unpaired) electrons. The van der Waals surface area contributed by atoms with Crippen molar-refractivity contribution in [3.63, 3.8) is 0 Å². The van der Waals surface area contributed by atoms with Crippen molar-refractivity contribution >= 4 is 11.6 Å². The first-order chi connectivity index (χ1) is 8.70. The second-order valence-corrected chi connectivity index (χ2v) is 3.55. The molecule has 2 rings (SSSR count). The fraction of sp³-hybridized carbons (Fsp3) is 0. The lowest BCUT2D eigenvalue weighted by Crippen LogP contribution is -1.89. The Hall–Kier alpha value is -2.54. The number of hydrogen-bond acceptors (Lipinski definition) is 2. The maximum Gasteiger partial charge on any atom is 0.130 e. The zero-order valence-corrected chi connectivity index (χ0v) is 9.27. The average Bonchev–Trinajstić information content (AvgIpc) is 2.41. The van der Waals surface area contributed by atoms with Gasteiger partial charge in [0, 0.05) is 11.8 Å². The van der Waals surface area contributed by atoms with E-state index in [1.807, 2.05) is 6.07 Å². The molecule has 4 heteroatoms. The van der Waals surface area contributed by atoms with Gasteiger partial charge in [-0.25, -0.2) is 8.78 Å². The lowest BCUT2D eigenvalue weighted by molar-refractivity contribution is 0.598. The summed E-state index contributed by atoms with van der Waals surface area (Å²) < 4.78 is 26.5. The number of hydrogen-bond donors (Lipinski definition) is 0. The summed E-state index contributed by atoms with van der Waals surface area (Å²) in [4.78, 5) is 3.99. The smallest absolute Gasteiger partial charge is 0.130 e. The first kappa shape index (κ1) is 11.9. The first-order valence-corrected chi connectivity index (χ1v) is 5.19. The van der Waals surface area contributed by atoms with Crippen LogP contribution >= 0.6 is 0 Å². The standard InChI is InChI=1S/C14H8F2N2/c15-12-4-5-13(16)10(8-12)7-11(9-17)14-3-1-2-6-18-14/h1-8H. The molecular formula is C14H8F2N2. The highest BCUT2D eigenvalue weighted by molar-refractivity contribution is 5.88. The summed E-state index contributed by atoms with van der Waals surface area (Å²) in [6.07, 6.45) is 2.81. The van der Waals surface area contributed by atoms with Gasteiger partial charge in [0.05, 0.1) is 11.3 Å². The zero-order valence-electron chi connectivity index (χ0n) is 9.27. The third kappa shape index (κ3) is 2.58. The van der Waals surface area contributed by atoms with Crippen molar-refractivity contribution in [1.82, 2.24) is 4.98 Å². The highest BCUT2D eigenvalue weighted by Crippen LogP contribution is 2.18. The van der Waals surface area contributed by atoms with E-state index >= 15 is 0 Å². The maximum atomic E-state index is 13.4. The molecule has 0 aliphatic carbocycles. The van der Waals surface area contributed by atoms with Crippen LogP contribution in [0.4, 0.5) is 8.78 Å². The van der Waals surface area contributed by atoms with E-state index in [0.717, 1.165) is 18.2 Å². The third-order valence-electron chi connectivity index (χ3n) is 2.32. The van der Waals surface area contributed by atoms with E-state index in [9.17, 15) is 8.78 Å². The number of pyridine rings is 1. The topological polar surface area (TPSA) is 36.7 Å². The van der Waals surface area contributed by atoms with Crippen LogP contribution in [0, 0.1) is 23.0 Å².